The monoisotopic (exact) mass is 345 g/mol. The molecule has 1 aliphatic rings. The van der Waals surface area contributed by atoms with Gasteiger partial charge < -0.3 is 5.32 Å². The van der Waals surface area contributed by atoms with Crippen LogP contribution in [0.1, 0.15) is 20.9 Å². The van der Waals surface area contributed by atoms with Gasteiger partial charge in [-0.25, -0.2) is 8.78 Å². The Labute approximate surface area is 140 Å². The first-order chi connectivity index (χ1) is 11.5. The summed E-state index contributed by atoms with van der Waals surface area (Å²) in [5.41, 5.74) is 2.92. The van der Waals surface area contributed by atoms with Crippen LogP contribution in [-0.4, -0.2) is 15.7 Å². The molecule has 0 bridgehead atoms. The molecule has 2 heterocycles. The number of halogens is 2. The first-order valence-corrected chi connectivity index (χ1v) is 8.31. The second-order valence-corrected chi connectivity index (χ2v) is 6.64. The number of hydrogen-bond donors (Lipinski definition) is 1. The molecule has 1 amide bonds. The van der Waals surface area contributed by atoms with Crippen LogP contribution in [0.15, 0.2) is 29.6 Å². The Balaban J connectivity index is 1.72. The van der Waals surface area contributed by atoms with Gasteiger partial charge in [-0.05, 0) is 36.4 Å². The Morgan fingerprint density at radius 1 is 1.29 bits per heavy atom. The van der Waals surface area contributed by atoms with Gasteiger partial charge in [-0.3, -0.25) is 9.48 Å². The van der Waals surface area contributed by atoms with Crippen LogP contribution in [0, 0.1) is 11.6 Å². The van der Waals surface area contributed by atoms with Gasteiger partial charge in [0.15, 0.2) is 5.69 Å². The maximum Gasteiger partial charge on any atom is 0.276 e. The van der Waals surface area contributed by atoms with Crippen molar-refractivity contribution >= 4 is 22.9 Å². The summed E-state index contributed by atoms with van der Waals surface area (Å²) in [5, 5.41) is 8.76. The van der Waals surface area contributed by atoms with Crippen LogP contribution in [-0.2, 0) is 19.9 Å². The van der Waals surface area contributed by atoms with E-state index in [-0.39, 0.29) is 11.4 Å². The number of benzene rings is 1. The van der Waals surface area contributed by atoms with Gasteiger partial charge >= 0.3 is 0 Å². The van der Waals surface area contributed by atoms with E-state index in [0.29, 0.717) is 6.42 Å². The summed E-state index contributed by atoms with van der Waals surface area (Å²) in [6, 6.07) is 4.97. The predicted octanol–water partition coefficient (Wildman–Crippen LogP) is 3.78. The topological polar surface area (TPSA) is 46.9 Å². The number of thiophene rings is 1. The SMILES string of the molecule is Cn1nc(C(=O)Nc2cc(F)ccc2F)c2c1-c1ccsc1CC2. The highest BCUT2D eigenvalue weighted by molar-refractivity contribution is 7.10. The fraction of sp³-hybridized carbons (Fsp3) is 0.176. The number of nitrogens with one attached hydrogen (secondary N) is 1. The third kappa shape index (κ3) is 2.32. The van der Waals surface area contributed by atoms with Crippen molar-refractivity contribution in [3.63, 3.8) is 0 Å². The van der Waals surface area contributed by atoms with Crippen LogP contribution in [0.25, 0.3) is 11.3 Å². The molecule has 0 fully saturated rings. The smallest absolute Gasteiger partial charge is 0.276 e. The normalized spacial score (nSPS) is 12.6. The van der Waals surface area contributed by atoms with E-state index in [0.717, 1.165) is 41.4 Å². The van der Waals surface area contributed by atoms with Crippen molar-refractivity contribution in [1.82, 2.24) is 9.78 Å². The average Bonchev–Trinajstić information content (AvgIpc) is 3.15. The lowest BCUT2D eigenvalue weighted by Crippen LogP contribution is -2.16. The van der Waals surface area contributed by atoms with Crippen LogP contribution in [0.5, 0.6) is 0 Å². The zero-order chi connectivity index (χ0) is 16.8. The van der Waals surface area contributed by atoms with Crippen LogP contribution in [0.3, 0.4) is 0 Å². The van der Waals surface area contributed by atoms with Crippen molar-refractivity contribution < 1.29 is 13.6 Å². The van der Waals surface area contributed by atoms with Crippen LogP contribution in [0.2, 0.25) is 0 Å². The minimum atomic E-state index is -0.685. The van der Waals surface area contributed by atoms with E-state index in [9.17, 15) is 13.6 Å². The van der Waals surface area contributed by atoms with Gasteiger partial charge in [0.05, 0.1) is 11.4 Å². The fourth-order valence-corrected chi connectivity index (χ4v) is 3.96. The summed E-state index contributed by atoms with van der Waals surface area (Å²) < 4.78 is 28.7. The van der Waals surface area contributed by atoms with Crippen molar-refractivity contribution in [2.75, 3.05) is 5.32 Å². The number of carbonyl (C=O) groups is 1. The lowest BCUT2D eigenvalue weighted by Gasteiger charge is -2.13. The van der Waals surface area contributed by atoms with Crippen molar-refractivity contribution in [2.24, 2.45) is 7.05 Å². The molecule has 1 aromatic carbocycles. The lowest BCUT2D eigenvalue weighted by atomic mass is 9.94. The molecule has 24 heavy (non-hydrogen) atoms. The Morgan fingerprint density at radius 3 is 2.96 bits per heavy atom. The summed E-state index contributed by atoms with van der Waals surface area (Å²) in [6.45, 7) is 0. The second-order valence-electron chi connectivity index (χ2n) is 5.64. The minimum absolute atomic E-state index is 0.188. The standard InChI is InChI=1S/C17H13F2N3OS/c1-22-16-10-6-7-24-14(10)5-3-11(16)15(21-22)17(23)20-13-8-9(18)2-4-12(13)19/h2,4,6-8H,3,5H2,1H3,(H,20,23). The molecule has 0 radical (unpaired) electrons. The van der Waals surface area contributed by atoms with E-state index in [2.05, 4.69) is 10.4 Å². The van der Waals surface area contributed by atoms with Crippen molar-refractivity contribution in [2.45, 2.75) is 12.8 Å². The summed E-state index contributed by atoms with van der Waals surface area (Å²) in [5.74, 6) is -1.83. The summed E-state index contributed by atoms with van der Waals surface area (Å²) in [4.78, 5) is 13.8. The van der Waals surface area contributed by atoms with Gasteiger partial charge in [-0.1, -0.05) is 0 Å². The van der Waals surface area contributed by atoms with Crippen molar-refractivity contribution in [3.8, 4) is 11.3 Å². The third-order valence-corrected chi connectivity index (χ3v) is 5.12. The molecule has 0 aliphatic heterocycles. The average molecular weight is 345 g/mol. The van der Waals surface area contributed by atoms with Gasteiger partial charge in [0, 0.05) is 29.1 Å². The first kappa shape index (κ1) is 15.0. The minimum Gasteiger partial charge on any atom is -0.318 e. The molecule has 0 spiro atoms. The number of fused-ring (bicyclic) bond motifs is 3. The van der Waals surface area contributed by atoms with Crippen molar-refractivity contribution in [3.05, 3.63) is 57.4 Å². The Morgan fingerprint density at radius 2 is 2.12 bits per heavy atom. The molecule has 7 heteroatoms. The Hall–Kier alpha value is -2.54. The summed E-state index contributed by atoms with van der Waals surface area (Å²) >= 11 is 1.69. The highest BCUT2D eigenvalue weighted by Gasteiger charge is 2.28. The van der Waals surface area contributed by atoms with E-state index in [1.807, 2.05) is 11.4 Å². The van der Waals surface area contributed by atoms with E-state index in [1.54, 1.807) is 23.1 Å². The molecule has 2 aromatic heterocycles. The maximum absolute atomic E-state index is 13.7. The number of anilines is 1. The number of hydrogen-bond acceptors (Lipinski definition) is 3. The molecular formula is C17H13F2N3OS. The van der Waals surface area contributed by atoms with Gasteiger partial charge in [0.25, 0.3) is 5.91 Å². The zero-order valence-corrected chi connectivity index (χ0v) is 13.6. The molecule has 122 valence electrons. The molecule has 1 aliphatic carbocycles. The molecule has 0 atom stereocenters. The molecule has 4 nitrogen and oxygen atoms in total. The number of aryl methyl sites for hydroxylation is 2. The second kappa shape index (κ2) is 5.52. The quantitative estimate of drug-likeness (QED) is 0.768. The van der Waals surface area contributed by atoms with E-state index in [1.165, 1.54) is 4.88 Å². The van der Waals surface area contributed by atoms with E-state index < -0.39 is 17.5 Å². The Kier molecular flexibility index (Phi) is 3.45. The maximum atomic E-state index is 13.7. The highest BCUT2D eigenvalue weighted by Crippen LogP contribution is 2.37. The van der Waals surface area contributed by atoms with Gasteiger partial charge in [-0.2, -0.15) is 5.10 Å². The third-order valence-electron chi connectivity index (χ3n) is 4.14. The Bertz CT molecular complexity index is 961. The number of carbonyl (C=O) groups excluding carboxylic acids is 1. The largest absolute Gasteiger partial charge is 0.318 e. The molecule has 0 saturated carbocycles. The number of rotatable bonds is 2. The molecule has 0 saturated heterocycles. The molecule has 1 N–H and O–H groups in total. The van der Waals surface area contributed by atoms with E-state index in [4.69, 9.17) is 0 Å². The van der Waals surface area contributed by atoms with Crippen LogP contribution >= 0.6 is 11.3 Å². The lowest BCUT2D eigenvalue weighted by molar-refractivity contribution is 0.102. The van der Waals surface area contributed by atoms with Crippen LogP contribution in [0.4, 0.5) is 14.5 Å². The summed E-state index contributed by atoms with van der Waals surface area (Å²) in [7, 11) is 1.78. The molecule has 3 aromatic rings. The van der Waals surface area contributed by atoms with Gasteiger partial charge in [0.1, 0.15) is 11.6 Å². The predicted molar refractivity (Wildman–Crippen MR) is 88.2 cm³/mol. The highest BCUT2D eigenvalue weighted by atomic mass is 32.1. The zero-order valence-electron chi connectivity index (χ0n) is 12.8. The van der Waals surface area contributed by atoms with Gasteiger partial charge in [0.2, 0.25) is 0 Å². The molecular weight excluding hydrogens is 332 g/mol. The number of amides is 1. The fourth-order valence-electron chi connectivity index (χ4n) is 3.08. The number of aromatic nitrogens is 2. The molecule has 4 rings (SSSR count). The van der Waals surface area contributed by atoms with Gasteiger partial charge in [-0.15, -0.1) is 11.3 Å². The van der Waals surface area contributed by atoms with E-state index >= 15 is 0 Å². The first-order valence-electron chi connectivity index (χ1n) is 7.43. The number of nitrogens with zero attached hydrogens (tertiary/aromatic N) is 2. The summed E-state index contributed by atoms with van der Waals surface area (Å²) in [6.07, 6.45) is 1.55. The van der Waals surface area contributed by atoms with Crippen molar-refractivity contribution in [1.29, 1.82) is 0 Å². The molecule has 0 unspecified atom stereocenters. The van der Waals surface area contributed by atoms with Crippen LogP contribution < -0.4 is 5.32 Å².